The van der Waals surface area contributed by atoms with Gasteiger partial charge in [-0.25, -0.2) is 4.98 Å². The number of pyridine rings is 1. The van der Waals surface area contributed by atoms with Crippen molar-refractivity contribution >= 4 is 22.4 Å². The highest BCUT2D eigenvalue weighted by atomic mass is 19.4. The standard InChI is InChI=1S/C26H22F3N5O2/c1-31-13-18-12-17(6-9-20(18)30)23-25(35)34(19-7-4-16(5-8-19)15-2-3-15)24-21(32-23)10-11-22(33-24)36-14-26(27,28)29/h4-13,15,30-31H,2-3,14H2,1H3/b18-13-,30-20?. The Labute approximate surface area is 204 Å². The van der Waals surface area contributed by atoms with Crippen LogP contribution in [0, 0.1) is 5.41 Å². The Kier molecular flexibility index (Phi) is 5.95. The Morgan fingerprint density at radius 1 is 1.14 bits per heavy atom. The number of fused-ring (bicyclic) bond motifs is 1. The lowest BCUT2D eigenvalue weighted by Crippen LogP contribution is -2.25. The van der Waals surface area contributed by atoms with Crippen LogP contribution in [-0.4, -0.2) is 40.1 Å². The Balaban J connectivity index is 1.68. The second kappa shape index (κ2) is 9.10. The topological polar surface area (TPSA) is 92.9 Å². The van der Waals surface area contributed by atoms with Crippen molar-refractivity contribution in [3.05, 3.63) is 88.0 Å². The van der Waals surface area contributed by atoms with Crippen LogP contribution < -0.4 is 15.6 Å². The van der Waals surface area contributed by atoms with E-state index in [0.29, 0.717) is 28.3 Å². The van der Waals surface area contributed by atoms with Crippen molar-refractivity contribution in [3.8, 4) is 11.6 Å². The summed E-state index contributed by atoms with van der Waals surface area (Å²) in [5.74, 6) is 0.257. The summed E-state index contributed by atoms with van der Waals surface area (Å²) in [7, 11) is 1.71. The van der Waals surface area contributed by atoms with Gasteiger partial charge in [0.15, 0.2) is 12.3 Å². The molecule has 7 nitrogen and oxygen atoms in total. The second-order valence-electron chi connectivity index (χ2n) is 8.60. The summed E-state index contributed by atoms with van der Waals surface area (Å²) in [4.78, 5) is 22.5. The summed E-state index contributed by atoms with van der Waals surface area (Å²) >= 11 is 0. The number of alkyl halides is 3. The summed E-state index contributed by atoms with van der Waals surface area (Å²) in [6.45, 7) is -1.50. The summed E-state index contributed by atoms with van der Waals surface area (Å²) < 4.78 is 44.2. The molecule has 0 radical (unpaired) electrons. The molecular formula is C26H22F3N5O2. The van der Waals surface area contributed by atoms with E-state index in [0.717, 1.165) is 12.8 Å². The number of nitrogens with zero attached hydrogens (tertiary/aromatic N) is 3. The van der Waals surface area contributed by atoms with Crippen molar-refractivity contribution < 1.29 is 17.9 Å². The first-order valence-electron chi connectivity index (χ1n) is 11.3. The SMILES string of the molecule is CN/C=C1/C=C(c2nc3ccc(OCC(F)(F)F)nc3n(-c3ccc(C4CC4)cc3)c2=O)C=CC1=N. The Morgan fingerprint density at radius 2 is 1.89 bits per heavy atom. The van der Waals surface area contributed by atoms with Gasteiger partial charge in [0.2, 0.25) is 5.88 Å². The number of ether oxygens (including phenoxy) is 1. The van der Waals surface area contributed by atoms with E-state index < -0.39 is 18.3 Å². The molecule has 2 heterocycles. The maximum Gasteiger partial charge on any atom is 0.422 e. The zero-order valence-electron chi connectivity index (χ0n) is 19.3. The minimum atomic E-state index is -4.52. The number of hydrogen-bond donors (Lipinski definition) is 2. The highest BCUT2D eigenvalue weighted by molar-refractivity contribution is 6.12. The fourth-order valence-electron chi connectivity index (χ4n) is 4.01. The summed E-state index contributed by atoms with van der Waals surface area (Å²) in [5.41, 5.74) is 3.07. The number of halogens is 3. The number of benzene rings is 1. The predicted octanol–water partition coefficient (Wildman–Crippen LogP) is 4.68. The zero-order valence-corrected chi connectivity index (χ0v) is 19.3. The molecule has 0 saturated heterocycles. The molecule has 0 atom stereocenters. The normalized spacial score (nSPS) is 16.9. The minimum Gasteiger partial charge on any atom is -0.468 e. The van der Waals surface area contributed by atoms with Crippen LogP contribution in [0.1, 0.15) is 30.0 Å². The second-order valence-corrected chi connectivity index (χ2v) is 8.60. The molecule has 2 N–H and O–H groups in total. The third-order valence-electron chi connectivity index (χ3n) is 5.89. The lowest BCUT2D eigenvalue weighted by molar-refractivity contribution is -0.154. The summed E-state index contributed by atoms with van der Waals surface area (Å²) in [6.07, 6.45) is 4.27. The fourth-order valence-corrected chi connectivity index (χ4v) is 4.01. The number of rotatable bonds is 6. The first-order valence-corrected chi connectivity index (χ1v) is 11.3. The molecule has 0 bridgehead atoms. The molecular weight excluding hydrogens is 471 g/mol. The van der Waals surface area contributed by atoms with E-state index in [1.54, 1.807) is 43.6 Å². The molecule has 0 spiro atoms. The molecule has 1 saturated carbocycles. The molecule has 1 fully saturated rings. The fraction of sp³-hybridized carbons (Fsp3) is 0.231. The molecule has 2 aromatic heterocycles. The maximum atomic E-state index is 13.8. The Hall–Kier alpha value is -4.21. The van der Waals surface area contributed by atoms with Crippen molar-refractivity contribution in [2.24, 2.45) is 0 Å². The van der Waals surface area contributed by atoms with E-state index in [2.05, 4.69) is 15.3 Å². The Morgan fingerprint density at radius 3 is 2.56 bits per heavy atom. The molecule has 0 aliphatic heterocycles. The first-order chi connectivity index (χ1) is 17.2. The van der Waals surface area contributed by atoms with Crippen LogP contribution in [0.2, 0.25) is 0 Å². The summed E-state index contributed by atoms with van der Waals surface area (Å²) in [6, 6.07) is 10.3. The van der Waals surface area contributed by atoms with E-state index in [1.165, 1.54) is 22.3 Å². The van der Waals surface area contributed by atoms with Crippen LogP contribution >= 0.6 is 0 Å². The van der Waals surface area contributed by atoms with Crippen molar-refractivity contribution in [3.63, 3.8) is 0 Å². The number of aromatic nitrogens is 3. The van der Waals surface area contributed by atoms with Crippen LogP contribution in [-0.2, 0) is 0 Å². The van der Waals surface area contributed by atoms with Gasteiger partial charge in [0.25, 0.3) is 5.56 Å². The highest BCUT2D eigenvalue weighted by Crippen LogP contribution is 2.40. The van der Waals surface area contributed by atoms with Crippen LogP contribution in [0.15, 0.2) is 71.2 Å². The van der Waals surface area contributed by atoms with Gasteiger partial charge < -0.3 is 15.5 Å². The van der Waals surface area contributed by atoms with Crippen LogP contribution in [0.3, 0.4) is 0 Å². The average molecular weight is 493 g/mol. The van der Waals surface area contributed by atoms with Gasteiger partial charge in [0, 0.05) is 30.5 Å². The lowest BCUT2D eigenvalue weighted by atomic mass is 9.98. The average Bonchev–Trinajstić information content (AvgIpc) is 3.69. The minimum absolute atomic E-state index is 0.0849. The molecule has 36 heavy (non-hydrogen) atoms. The largest absolute Gasteiger partial charge is 0.468 e. The van der Waals surface area contributed by atoms with E-state index in [9.17, 15) is 18.0 Å². The van der Waals surface area contributed by atoms with E-state index in [1.807, 2.05) is 12.1 Å². The first kappa shape index (κ1) is 23.5. The van der Waals surface area contributed by atoms with Crippen molar-refractivity contribution in [1.29, 1.82) is 5.41 Å². The van der Waals surface area contributed by atoms with E-state index in [4.69, 9.17) is 10.1 Å². The van der Waals surface area contributed by atoms with E-state index >= 15 is 0 Å². The molecule has 2 aliphatic carbocycles. The van der Waals surface area contributed by atoms with Gasteiger partial charge >= 0.3 is 6.18 Å². The maximum absolute atomic E-state index is 13.8. The van der Waals surface area contributed by atoms with Gasteiger partial charge in [-0.1, -0.05) is 18.2 Å². The van der Waals surface area contributed by atoms with Gasteiger partial charge in [0.1, 0.15) is 11.2 Å². The van der Waals surface area contributed by atoms with Gasteiger partial charge in [-0.2, -0.15) is 18.2 Å². The van der Waals surface area contributed by atoms with Gasteiger partial charge in [-0.15, -0.1) is 0 Å². The van der Waals surface area contributed by atoms with Crippen LogP contribution in [0.25, 0.3) is 22.4 Å². The van der Waals surface area contributed by atoms with Gasteiger partial charge in [0.05, 0.1) is 11.4 Å². The monoisotopic (exact) mass is 493 g/mol. The lowest BCUT2D eigenvalue weighted by Gasteiger charge is -2.16. The number of nitrogens with one attached hydrogen (secondary N) is 2. The molecule has 0 amide bonds. The Bertz CT molecular complexity index is 1500. The molecule has 10 heteroatoms. The van der Waals surface area contributed by atoms with Crippen LogP contribution in [0.4, 0.5) is 13.2 Å². The number of allylic oxidation sites excluding steroid dienone is 5. The molecule has 2 aliphatic rings. The molecule has 5 rings (SSSR count). The smallest absolute Gasteiger partial charge is 0.422 e. The zero-order chi connectivity index (χ0) is 25.4. The predicted molar refractivity (Wildman–Crippen MR) is 131 cm³/mol. The quantitative estimate of drug-likeness (QED) is 0.521. The molecule has 184 valence electrons. The molecule has 3 aromatic rings. The molecule has 1 aromatic carbocycles. The van der Waals surface area contributed by atoms with Gasteiger partial charge in [-0.05, 0) is 54.7 Å². The summed E-state index contributed by atoms with van der Waals surface area (Å²) in [5, 5.41) is 11.0. The van der Waals surface area contributed by atoms with Crippen molar-refractivity contribution in [2.45, 2.75) is 24.9 Å². The third kappa shape index (κ3) is 4.79. The van der Waals surface area contributed by atoms with E-state index in [-0.39, 0.29) is 22.9 Å². The van der Waals surface area contributed by atoms with Crippen molar-refractivity contribution in [2.75, 3.05) is 13.7 Å². The third-order valence-corrected chi connectivity index (χ3v) is 5.89. The van der Waals surface area contributed by atoms with Gasteiger partial charge in [-0.3, -0.25) is 9.36 Å². The molecule has 0 unspecified atom stereocenters. The van der Waals surface area contributed by atoms with Crippen molar-refractivity contribution in [1.82, 2.24) is 19.9 Å². The van der Waals surface area contributed by atoms with Crippen LogP contribution in [0.5, 0.6) is 5.88 Å². The number of hydrogen-bond acceptors (Lipinski definition) is 6. The highest BCUT2D eigenvalue weighted by Gasteiger charge is 2.29.